The number of benzene rings is 1. The van der Waals surface area contributed by atoms with E-state index in [9.17, 15) is 9.59 Å². The molecule has 0 bridgehead atoms. The Hall–Kier alpha value is -2.21. The fourth-order valence-corrected chi connectivity index (χ4v) is 2.35. The lowest BCUT2D eigenvalue weighted by Gasteiger charge is -2.15. The molecule has 1 N–H and O–H groups in total. The van der Waals surface area contributed by atoms with E-state index in [1.807, 2.05) is 5.38 Å². The van der Waals surface area contributed by atoms with Gasteiger partial charge >= 0.3 is 11.9 Å². The maximum atomic E-state index is 11.7. The van der Waals surface area contributed by atoms with Gasteiger partial charge < -0.3 is 9.84 Å². The van der Waals surface area contributed by atoms with Crippen molar-refractivity contribution in [2.24, 2.45) is 5.41 Å². The van der Waals surface area contributed by atoms with Crippen molar-refractivity contribution in [2.45, 2.75) is 27.4 Å². The summed E-state index contributed by atoms with van der Waals surface area (Å²) in [4.78, 5) is 26.9. The van der Waals surface area contributed by atoms with Gasteiger partial charge in [0.1, 0.15) is 11.6 Å². The number of aromatic carboxylic acids is 1. The van der Waals surface area contributed by atoms with E-state index in [2.05, 4.69) is 4.98 Å². The average Bonchev–Trinajstić information content (AvgIpc) is 2.92. The zero-order valence-corrected chi connectivity index (χ0v) is 13.4. The lowest BCUT2D eigenvalue weighted by atomic mass is 9.97. The average molecular weight is 319 g/mol. The zero-order chi connectivity index (χ0) is 16.3. The van der Waals surface area contributed by atoms with Crippen LogP contribution >= 0.6 is 11.3 Å². The number of carboxylic acids is 1. The molecule has 2 rings (SSSR count). The number of ether oxygens (including phenoxy) is 1. The fraction of sp³-hybridized carbons (Fsp3) is 0.312. The van der Waals surface area contributed by atoms with Crippen LogP contribution in [-0.4, -0.2) is 22.0 Å². The third-order valence-corrected chi connectivity index (χ3v) is 3.74. The fourth-order valence-electron chi connectivity index (χ4n) is 1.64. The van der Waals surface area contributed by atoms with Crippen LogP contribution in [-0.2, 0) is 16.1 Å². The first-order chi connectivity index (χ1) is 10.3. The maximum Gasteiger partial charge on any atom is 0.335 e. The van der Waals surface area contributed by atoms with Crippen molar-refractivity contribution < 1.29 is 19.4 Å². The van der Waals surface area contributed by atoms with E-state index < -0.39 is 11.4 Å². The summed E-state index contributed by atoms with van der Waals surface area (Å²) in [6, 6.07) is 6.50. The number of thiazole rings is 1. The number of carbonyl (C=O) groups is 2. The Kier molecular flexibility index (Phi) is 4.61. The first-order valence-corrected chi connectivity index (χ1v) is 7.60. The molecule has 5 nitrogen and oxygen atoms in total. The Morgan fingerprint density at radius 3 is 2.41 bits per heavy atom. The van der Waals surface area contributed by atoms with Gasteiger partial charge in [-0.3, -0.25) is 4.79 Å². The third kappa shape index (κ3) is 3.92. The lowest BCUT2D eigenvalue weighted by Crippen LogP contribution is -2.22. The van der Waals surface area contributed by atoms with E-state index in [1.165, 1.54) is 23.5 Å². The molecular weight excluding hydrogens is 302 g/mol. The molecule has 2 aromatic rings. The molecule has 0 spiro atoms. The zero-order valence-electron chi connectivity index (χ0n) is 12.6. The van der Waals surface area contributed by atoms with Gasteiger partial charge in [-0.1, -0.05) is 12.1 Å². The highest BCUT2D eigenvalue weighted by Crippen LogP contribution is 2.24. The Bertz CT molecular complexity index is 683. The minimum atomic E-state index is -0.959. The summed E-state index contributed by atoms with van der Waals surface area (Å²) in [5, 5.41) is 11.4. The highest BCUT2D eigenvalue weighted by Gasteiger charge is 2.23. The van der Waals surface area contributed by atoms with E-state index in [0.29, 0.717) is 5.01 Å². The first kappa shape index (κ1) is 16.2. The predicted octanol–water partition coefficient (Wildman–Crippen LogP) is 3.60. The predicted molar refractivity (Wildman–Crippen MR) is 83.8 cm³/mol. The Morgan fingerprint density at radius 1 is 1.23 bits per heavy atom. The van der Waals surface area contributed by atoms with Crippen molar-refractivity contribution in [3.63, 3.8) is 0 Å². The van der Waals surface area contributed by atoms with Gasteiger partial charge in [-0.05, 0) is 32.9 Å². The van der Waals surface area contributed by atoms with Crippen LogP contribution in [0, 0.1) is 5.41 Å². The smallest absolute Gasteiger partial charge is 0.335 e. The molecule has 1 aromatic carbocycles. The van der Waals surface area contributed by atoms with Crippen LogP contribution in [0.25, 0.3) is 11.3 Å². The summed E-state index contributed by atoms with van der Waals surface area (Å²) in [6.07, 6.45) is 0. The third-order valence-electron chi connectivity index (χ3n) is 2.92. The number of esters is 1. The van der Waals surface area contributed by atoms with Crippen LogP contribution in [0.2, 0.25) is 0 Å². The van der Waals surface area contributed by atoms with Gasteiger partial charge in [0.05, 0.1) is 16.7 Å². The number of aromatic nitrogens is 1. The number of hydrogen-bond acceptors (Lipinski definition) is 5. The van der Waals surface area contributed by atoms with Gasteiger partial charge in [0.25, 0.3) is 0 Å². The summed E-state index contributed by atoms with van der Waals surface area (Å²) in [6.45, 7) is 5.54. The number of carbonyl (C=O) groups excluding carboxylic acids is 1. The molecule has 0 radical (unpaired) electrons. The first-order valence-electron chi connectivity index (χ1n) is 6.73. The van der Waals surface area contributed by atoms with Crippen molar-refractivity contribution >= 4 is 23.3 Å². The van der Waals surface area contributed by atoms with Gasteiger partial charge in [-0.25, -0.2) is 9.78 Å². The molecule has 0 saturated carbocycles. The molecule has 0 unspecified atom stereocenters. The molecule has 116 valence electrons. The number of rotatable bonds is 4. The van der Waals surface area contributed by atoms with Crippen LogP contribution < -0.4 is 0 Å². The minimum Gasteiger partial charge on any atom is -0.478 e. The Balaban J connectivity index is 2.05. The quantitative estimate of drug-likeness (QED) is 0.871. The topological polar surface area (TPSA) is 76.5 Å². The molecule has 0 aliphatic heterocycles. The van der Waals surface area contributed by atoms with Crippen LogP contribution in [0.5, 0.6) is 0 Å². The standard InChI is InChI=1S/C16H17NO4S/c1-16(2,3)15(20)21-8-13-17-12(9-22-13)10-4-6-11(7-5-10)14(18)19/h4-7,9H,8H2,1-3H3,(H,18,19). The highest BCUT2D eigenvalue weighted by atomic mass is 32.1. The highest BCUT2D eigenvalue weighted by molar-refractivity contribution is 7.09. The molecule has 1 heterocycles. The second-order valence-corrected chi connectivity index (χ2v) is 6.78. The molecular formula is C16H17NO4S. The summed E-state index contributed by atoms with van der Waals surface area (Å²) in [5.41, 5.74) is 1.27. The van der Waals surface area contributed by atoms with Crippen molar-refractivity contribution in [3.8, 4) is 11.3 Å². The molecule has 0 amide bonds. The van der Waals surface area contributed by atoms with Crippen molar-refractivity contribution in [1.29, 1.82) is 0 Å². The number of nitrogens with zero attached hydrogens (tertiary/aromatic N) is 1. The van der Waals surface area contributed by atoms with E-state index in [4.69, 9.17) is 9.84 Å². The van der Waals surface area contributed by atoms with Gasteiger partial charge in [0.2, 0.25) is 0 Å². The van der Waals surface area contributed by atoms with Gasteiger partial charge in [-0.2, -0.15) is 0 Å². The van der Waals surface area contributed by atoms with Gasteiger partial charge in [0, 0.05) is 10.9 Å². The second-order valence-electron chi connectivity index (χ2n) is 5.84. The van der Waals surface area contributed by atoms with Gasteiger partial charge in [-0.15, -0.1) is 11.3 Å². The maximum absolute atomic E-state index is 11.7. The van der Waals surface area contributed by atoms with Crippen LogP contribution in [0.3, 0.4) is 0 Å². The molecule has 0 saturated heterocycles. The van der Waals surface area contributed by atoms with Crippen molar-refractivity contribution in [1.82, 2.24) is 4.98 Å². The SMILES string of the molecule is CC(C)(C)C(=O)OCc1nc(-c2ccc(C(=O)O)cc2)cs1. The molecule has 6 heteroatoms. The van der Waals surface area contributed by atoms with E-state index >= 15 is 0 Å². The van der Waals surface area contributed by atoms with Crippen LogP contribution in [0.15, 0.2) is 29.6 Å². The number of hydrogen-bond donors (Lipinski definition) is 1. The summed E-state index contributed by atoms with van der Waals surface area (Å²) in [7, 11) is 0. The largest absolute Gasteiger partial charge is 0.478 e. The normalized spacial score (nSPS) is 11.2. The Morgan fingerprint density at radius 2 is 1.86 bits per heavy atom. The molecule has 1 aromatic heterocycles. The van der Waals surface area contributed by atoms with Crippen molar-refractivity contribution in [2.75, 3.05) is 0 Å². The molecule has 22 heavy (non-hydrogen) atoms. The molecule has 0 atom stereocenters. The van der Waals surface area contributed by atoms with Crippen LogP contribution in [0.4, 0.5) is 0 Å². The monoisotopic (exact) mass is 319 g/mol. The number of carboxylic acid groups (broad SMARTS) is 1. The van der Waals surface area contributed by atoms with E-state index in [0.717, 1.165) is 11.3 Å². The Labute approximate surface area is 132 Å². The minimum absolute atomic E-state index is 0.147. The van der Waals surface area contributed by atoms with Crippen molar-refractivity contribution in [3.05, 3.63) is 40.2 Å². The lowest BCUT2D eigenvalue weighted by molar-refractivity contribution is -0.154. The molecule has 0 aliphatic rings. The molecule has 0 aliphatic carbocycles. The summed E-state index contributed by atoms with van der Waals surface area (Å²) in [5.74, 6) is -1.23. The second kappa shape index (κ2) is 6.27. The summed E-state index contributed by atoms with van der Waals surface area (Å²) < 4.78 is 5.22. The van der Waals surface area contributed by atoms with Gasteiger partial charge in [0.15, 0.2) is 0 Å². The molecule has 0 fully saturated rings. The van der Waals surface area contributed by atoms with E-state index in [1.54, 1.807) is 32.9 Å². The van der Waals surface area contributed by atoms with E-state index in [-0.39, 0.29) is 18.1 Å². The van der Waals surface area contributed by atoms with Crippen LogP contribution in [0.1, 0.15) is 36.1 Å². The summed E-state index contributed by atoms with van der Waals surface area (Å²) >= 11 is 1.40.